The Morgan fingerprint density at radius 3 is 2.00 bits per heavy atom. The average Bonchev–Trinajstić information content (AvgIpc) is 2.51. The van der Waals surface area contributed by atoms with E-state index in [1.54, 1.807) is 0 Å². The Bertz CT molecular complexity index is 211. The number of aliphatic hydroxyl groups is 1. The Morgan fingerprint density at radius 1 is 0.905 bits per heavy atom. The molecule has 0 spiro atoms. The molecule has 0 saturated carbocycles. The van der Waals surface area contributed by atoms with Crippen LogP contribution in [0.5, 0.6) is 0 Å². The zero-order chi connectivity index (χ0) is 15.2. The summed E-state index contributed by atoms with van der Waals surface area (Å²) in [6, 6.07) is 0. The van der Waals surface area contributed by atoms with Crippen LogP contribution in [0.25, 0.3) is 0 Å². The second-order valence-corrected chi connectivity index (χ2v) is 4.58. The van der Waals surface area contributed by atoms with Crippen molar-refractivity contribution in [2.45, 2.75) is 25.7 Å². The Morgan fingerprint density at radius 2 is 1.43 bits per heavy atom. The molecule has 1 aliphatic heterocycles. The molecule has 0 radical (unpaired) electrons. The smallest absolute Gasteiger partial charge is 0.183 e. The van der Waals surface area contributed by atoms with Crippen LogP contribution in [0.4, 0.5) is 0 Å². The first-order valence-corrected chi connectivity index (χ1v) is 7.57. The molecular formula is C14H28O7. The van der Waals surface area contributed by atoms with Gasteiger partial charge in [0.05, 0.1) is 59.5 Å². The van der Waals surface area contributed by atoms with Gasteiger partial charge in [0.15, 0.2) is 6.29 Å². The lowest BCUT2D eigenvalue weighted by molar-refractivity contribution is -0.197. The molecule has 1 fully saturated rings. The van der Waals surface area contributed by atoms with Gasteiger partial charge < -0.3 is 33.5 Å². The first kappa shape index (κ1) is 18.8. The summed E-state index contributed by atoms with van der Waals surface area (Å²) >= 11 is 0. The van der Waals surface area contributed by atoms with Gasteiger partial charge in [0.1, 0.15) is 6.10 Å². The molecule has 0 aromatic rings. The van der Waals surface area contributed by atoms with Crippen LogP contribution in [0.15, 0.2) is 0 Å². The van der Waals surface area contributed by atoms with E-state index in [1.807, 2.05) is 6.92 Å². The Hall–Kier alpha value is -0.280. The summed E-state index contributed by atoms with van der Waals surface area (Å²) in [5, 5.41) is 9.94. The lowest BCUT2D eigenvalue weighted by Gasteiger charge is -2.23. The van der Waals surface area contributed by atoms with E-state index in [0.29, 0.717) is 59.5 Å². The highest BCUT2D eigenvalue weighted by molar-refractivity contribution is 4.61. The molecule has 0 aliphatic carbocycles. The van der Waals surface area contributed by atoms with Crippen molar-refractivity contribution in [3.05, 3.63) is 0 Å². The fourth-order valence-corrected chi connectivity index (χ4v) is 1.68. The van der Waals surface area contributed by atoms with E-state index < -0.39 is 12.4 Å². The molecule has 126 valence electrons. The molecule has 21 heavy (non-hydrogen) atoms. The van der Waals surface area contributed by atoms with E-state index in [1.165, 1.54) is 0 Å². The largest absolute Gasteiger partial charge is 0.377 e. The maximum atomic E-state index is 9.94. The molecule has 2 atom stereocenters. The van der Waals surface area contributed by atoms with Crippen LogP contribution < -0.4 is 0 Å². The van der Waals surface area contributed by atoms with Crippen molar-refractivity contribution < 1.29 is 33.5 Å². The van der Waals surface area contributed by atoms with Crippen molar-refractivity contribution in [1.29, 1.82) is 0 Å². The molecule has 0 aromatic heterocycles. The van der Waals surface area contributed by atoms with Gasteiger partial charge in [-0.25, -0.2) is 0 Å². The second kappa shape index (κ2) is 13.4. The first-order chi connectivity index (χ1) is 10.3. The molecular weight excluding hydrogens is 280 g/mol. The molecule has 1 N–H and O–H groups in total. The van der Waals surface area contributed by atoms with Gasteiger partial charge in [-0.15, -0.1) is 0 Å². The van der Waals surface area contributed by atoms with Crippen LogP contribution in [-0.4, -0.2) is 83.6 Å². The lowest BCUT2D eigenvalue weighted by Crippen LogP contribution is -2.37. The van der Waals surface area contributed by atoms with E-state index in [-0.39, 0.29) is 6.61 Å². The predicted octanol–water partition coefficient (Wildman–Crippen LogP) is 0.197. The lowest BCUT2D eigenvalue weighted by atomic mass is 10.3. The van der Waals surface area contributed by atoms with Gasteiger partial charge in [-0.05, 0) is 6.42 Å². The van der Waals surface area contributed by atoms with Crippen molar-refractivity contribution in [2.24, 2.45) is 0 Å². The quantitative estimate of drug-likeness (QED) is 0.743. The van der Waals surface area contributed by atoms with Crippen LogP contribution in [-0.2, 0) is 28.4 Å². The SMILES string of the molecule is CCCOC(O)C1COCCOCCOCCOCCO1. The van der Waals surface area contributed by atoms with Crippen LogP contribution in [0.1, 0.15) is 13.3 Å². The molecule has 2 unspecified atom stereocenters. The molecule has 1 aliphatic rings. The third-order valence-electron chi connectivity index (χ3n) is 2.77. The normalized spacial score (nSPS) is 25.7. The fraction of sp³-hybridized carbons (Fsp3) is 1.00. The Labute approximate surface area is 126 Å². The highest BCUT2D eigenvalue weighted by Gasteiger charge is 2.20. The highest BCUT2D eigenvalue weighted by Crippen LogP contribution is 2.04. The highest BCUT2D eigenvalue weighted by atomic mass is 16.6. The van der Waals surface area contributed by atoms with E-state index in [9.17, 15) is 5.11 Å². The summed E-state index contributed by atoms with van der Waals surface area (Å²) in [6.07, 6.45) is -0.687. The van der Waals surface area contributed by atoms with E-state index in [0.717, 1.165) is 6.42 Å². The molecule has 0 aromatic carbocycles. The zero-order valence-corrected chi connectivity index (χ0v) is 12.8. The van der Waals surface area contributed by atoms with Crippen LogP contribution in [0, 0.1) is 0 Å². The zero-order valence-electron chi connectivity index (χ0n) is 12.8. The minimum atomic E-state index is -0.995. The molecule has 1 rings (SSSR count). The molecule has 0 bridgehead atoms. The topological polar surface area (TPSA) is 75.6 Å². The van der Waals surface area contributed by atoms with Gasteiger partial charge in [-0.1, -0.05) is 6.92 Å². The third-order valence-corrected chi connectivity index (χ3v) is 2.77. The molecule has 1 heterocycles. The van der Waals surface area contributed by atoms with Gasteiger partial charge in [-0.2, -0.15) is 0 Å². The Balaban J connectivity index is 2.32. The van der Waals surface area contributed by atoms with Crippen LogP contribution in [0.3, 0.4) is 0 Å². The summed E-state index contributed by atoms with van der Waals surface area (Å²) in [7, 11) is 0. The maximum absolute atomic E-state index is 9.94. The van der Waals surface area contributed by atoms with E-state index in [2.05, 4.69) is 0 Å². The van der Waals surface area contributed by atoms with Crippen LogP contribution in [0.2, 0.25) is 0 Å². The van der Waals surface area contributed by atoms with Gasteiger partial charge in [0, 0.05) is 6.61 Å². The van der Waals surface area contributed by atoms with Crippen molar-refractivity contribution in [2.75, 3.05) is 66.1 Å². The van der Waals surface area contributed by atoms with Crippen molar-refractivity contribution >= 4 is 0 Å². The summed E-state index contributed by atoms with van der Waals surface area (Å²) in [5.74, 6) is 0. The van der Waals surface area contributed by atoms with Gasteiger partial charge >= 0.3 is 0 Å². The maximum Gasteiger partial charge on any atom is 0.183 e. The summed E-state index contributed by atoms with van der Waals surface area (Å²) < 4.78 is 32.3. The molecule has 7 nitrogen and oxygen atoms in total. The average molecular weight is 308 g/mol. The van der Waals surface area contributed by atoms with Crippen molar-refractivity contribution in [3.8, 4) is 0 Å². The van der Waals surface area contributed by atoms with Crippen molar-refractivity contribution in [1.82, 2.24) is 0 Å². The number of aliphatic hydroxyl groups excluding tert-OH is 1. The third kappa shape index (κ3) is 10.1. The monoisotopic (exact) mass is 308 g/mol. The summed E-state index contributed by atoms with van der Waals surface area (Å²) in [5.41, 5.74) is 0. The summed E-state index contributed by atoms with van der Waals surface area (Å²) in [6.45, 7) is 6.59. The molecule has 1 saturated heterocycles. The van der Waals surface area contributed by atoms with E-state index in [4.69, 9.17) is 28.4 Å². The predicted molar refractivity (Wildman–Crippen MR) is 75.3 cm³/mol. The second-order valence-electron chi connectivity index (χ2n) is 4.58. The standard InChI is InChI=1S/C14H28O7/c1-2-3-21-14(15)13-12-19-9-8-17-5-4-16-6-7-18-10-11-20-13/h13-15H,2-12H2,1H3. The van der Waals surface area contributed by atoms with Gasteiger partial charge in [0.25, 0.3) is 0 Å². The van der Waals surface area contributed by atoms with Gasteiger partial charge in [0.2, 0.25) is 0 Å². The van der Waals surface area contributed by atoms with E-state index >= 15 is 0 Å². The number of hydrogen-bond donors (Lipinski definition) is 1. The van der Waals surface area contributed by atoms with Gasteiger partial charge in [-0.3, -0.25) is 0 Å². The number of hydrogen-bond acceptors (Lipinski definition) is 7. The summed E-state index contributed by atoms with van der Waals surface area (Å²) in [4.78, 5) is 0. The fourth-order valence-electron chi connectivity index (χ4n) is 1.68. The Kier molecular flexibility index (Phi) is 12.0. The van der Waals surface area contributed by atoms with Crippen LogP contribution >= 0.6 is 0 Å². The molecule has 7 heteroatoms. The number of ether oxygens (including phenoxy) is 6. The minimum Gasteiger partial charge on any atom is -0.377 e. The number of rotatable bonds is 4. The van der Waals surface area contributed by atoms with Crippen molar-refractivity contribution in [3.63, 3.8) is 0 Å². The molecule has 0 amide bonds. The minimum absolute atomic E-state index is 0.255. The first-order valence-electron chi connectivity index (χ1n) is 7.57.